The second kappa shape index (κ2) is 8.41. The smallest absolute Gasteiger partial charge is 0.250 e. The quantitative estimate of drug-likeness (QED) is 0.494. The average Bonchev–Trinajstić information content (AvgIpc) is 2.65. The number of hydrogen-bond acceptors (Lipinski definition) is 7. The molecule has 0 unspecified atom stereocenters. The number of hydrogen-bond donors (Lipinski definition) is 2. The van der Waals surface area contributed by atoms with Crippen molar-refractivity contribution in [1.29, 1.82) is 0 Å². The normalized spacial score (nSPS) is 10.8. The summed E-state index contributed by atoms with van der Waals surface area (Å²) >= 11 is 5.86. The van der Waals surface area contributed by atoms with E-state index >= 15 is 0 Å². The molecular formula is C18H17ClFN7. The fourth-order valence-corrected chi connectivity index (χ4v) is 2.17. The van der Waals surface area contributed by atoms with Crippen LogP contribution in [0, 0.1) is 5.82 Å². The minimum Gasteiger partial charge on any atom is -0.347 e. The van der Waals surface area contributed by atoms with Crippen LogP contribution in [0.4, 0.5) is 27.9 Å². The lowest BCUT2D eigenvalue weighted by molar-refractivity contribution is 0.628. The molecule has 0 fully saturated rings. The highest BCUT2D eigenvalue weighted by Crippen LogP contribution is 2.17. The van der Waals surface area contributed by atoms with Gasteiger partial charge in [0.1, 0.15) is 5.82 Å². The van der Waals surface area contributed by atoms with Crippen molar-refractivity contribution >= 4 is 41.3 Å². The van der Waals surface area contributed by atoms with Gasteiger partial charge in [0.15, 0.2) is 0 Å². The van der Waals surface area contributed by atoms with E-state index in [9.17, 15) is 4.39 Å². The minimum atomic E-state index is -0.316. The molecule has 2 N–H and O–H groups in total. The predicted molar refractivity (Wildman–Crippen MR) is 107 cm³/mol. The fraction of sp³-hybridized carbons (Fsp3) is 0.111. The molecule has 7 nitrogen and oxygen atoms in total. The first-order valence-corrected chi connectivity index (χ1v) is 8.38. The summed E-state index contributed by atoms with van der Waals surface area (Å²) in [4.78, 5) is 14.6. The summed E-state index contributed by atoms with van der Waals surface area (Å²) in [5, 5.41) is 7.81. The van der Waals surface area contributed by atoms with Gasteiger partial charge in [-0.3, -0.25) is 0 Å². The predicted octanol–water partition coefficient (Wildman–Crippen LogP) is 3.92. The van der Waals surface area contributed by atoms with Crippen molar-refractivity contribution in [2.45, 2.75) is 0 Å². The fourth-order valence-electron chi connectivity index (χ4n) is 2.05. The Hall–Kier alpha value is -3.26. The van der Waals surface area contributed by atoms with Crippen molar-refractivity contribution in [3.63, 3.8) is 0 Å². The standard InChI is InChI=1S/C18H17ClFN7/c1-27(2)18-24-16(22-15-9-7-14(20)8-10-15)23-17(25-18)26-21-11-12-3-5-13(19)6-4-12/h3-11H,1-2H3,(H2,22,23,24,25,26)/b21-11+. The molecule has 2 aromatic carbocycles. The molecule has 0 saturated heterocycles. The van der Waals surface area contributed by atoms with Crippen LogP contribution in [-0.2, 0) is 0 Å². The molecule has 0 aliphatic rings. The van der Waals surface area contributed by atoms with Gasteiger partial charge >= 0.3 is 0 Å². The van der Waals surface area contributed by atoms with Crippen LogP contribution in [0.5, 0.6) is 0 Å². The Bertz CT molecular complexity index is 927. The summed E-state index contributed by atoms with van der Waals surface area (Å²) in [6, 6.07) is 13.1. The molecule has 0 saturated carbocycles. The van der Waals surface area contributed by atoms with Gasteiger partial charge in [-0.25, -0.2) is 9.82 Å². The van der Waals surface area contributed by atoms with E-state index in [0.717, 1.165) is 5.56 Å². The van der Waals surface area contributed by atoms with Crippen molar-refractivity contribution < 1.29 is 4.39 Å². The van der Waals surface area contributed by atoms with Gasteiger partial charge in [-0.1, -0.05) is 23.7 Å². The molecule has 0 bridgehead atoms. The second-order valence-electron chi connectivity index (χ2n) is 5.73. The maximum atomic E-state index is 13.1. The van der Waals surface area contributed by atoms with E-state index in [1.807, 2.05) is 26.2 Å². The van der Waals surface area contributed by atoms with Gasteiger partial charge in [0.05, 0.1) is 6.21 Å². The van der Waals surface area contributed by atoms with Crippen LogP contribution < -0.4 is 15.6 Å². The van der Waals surface area contributed by atoms with E-state index in [2.05, 4.69) is 30.8 Å². The van der Waals surface area contributed by atoms with E-state index in [4.69, 9.17) is 11.6 Å². The molecule has 1 heterocycles. The summed E-state index contributed by atoms with van der Waals surface area (Å²) in [7, 11) is 3.63. The molecule has 0 radical (unpaired) electrons. The maximum absolute atomic E-state index is 13.1. The van der Waals surface area contributed by atoms with Crippen LogP contribution in [0.3, 0.4) is 0 Å². The number of halogens is 2. The molecule has 9 heteroatoms. The van der Waals surface area contributed by atoms with Crippen LogP contribution in [0.1, 0.15) is 5.56 Å². The zero-order valence-electron chi connectivity index (χ0n) is 14.7. The number of nitrogens with zero attached hydrogens (tertiary/aromatic N) is 5. The van der Waals surface area contributed by atoms with Crippen molar-refractivity contribution in [1.82, 2.24) is 15.0 Å². The maximum Gasteiger partial charge on any atom is 0.250 e. The van der Waals surface area contributed by atoms with Crippen molar-refractivity contribution in [3.05, 3.63) is 64.9 Å². The van der Waals surface area contributed by atoms with Crippen LogP contribution in [0.25, 0.3) is 0 Å². The van der Waals surface area contributed by atoms with Gasteiger partial charge in [-0.05, 0) is 42.0 Å². The van der Waals surface area contributed by atoms with Crippen LogP contribution >= 0.6 is 11.6 Å². The number of hydrazone groups is 1. The Kier molecular flexibility index (Phi) is 5.77. The first-order valence-electron chi connectivity index (χ1n) is 8.00. The third-order valence-corrected chi connectivity index (χ3v) is 3.62. The third-order valence-electron chi connectivity index (χ3n) is 3.37. The van der Waals surface area contributed by atoms with Gasteiger partial charge in [0.25, 0.3) is 0 Å². The molecular weight excluding hydrogens is 369 g/mol. The van der Waals surface area contributed by atoms with E-state index in [1.165, 1.54) is 12.1 Å². The molecule has 1 aromatic heterocycles. The number of rotatable bonds is 6. The highest BCUT2D eigenvalue weighted by Gasteiger charge is 2.08. The summed E-state index contributed by atoms with van der Waals surface area (Å²) in [6.07, 6.45) is 1.63. The van der Waals surface area contributed by atoms with Crippen molar-refractivity contribution in [2.75, 3.05) is 29.7 Å². The Morgan fingerprint density at radius 3 is 2.30 bits per heavy atom. The van der Waals surface area contributed by atoms with Crippen LogP contribution in [0.15, 0.2) is 53.6 Å². The molecule has 0 atom stereocenters. The zero-order chi connectivity index (χ0) is 19.2. The molecule has 0 aliphatic carbocycles. The summed E-state index contributed by atoms with van der Waals surface area (Å²) in [6.45, 7) is 0. The molecule has 0 spiro atoms. The average molecular weight is 386 g/mol. The van der Waals surface area contributed by atoms with Crippen LogP contribution in [0.2, 0.25) is 5.02 Å². The Morgan fingerprint density at radius 2 is 1.63 bits per heavy atom. The van der Waals surface area contributed by atoms with Gasteiger partial charge in [0.2, 0.25) is 17.8 Å². The number of nitrogens with one attached hydrogen (secondary N) is 2. The molecule has 0 aliphatic heterocycles. The second-order valence-corrected chi connectivity index (χ2v) is 6.17. The Labute approximate surface area is 160 Å². The highest BCUT2D eigenvalue weighted by atomic mass is 35.5. The van der Waals surface area contributed by atoms with Crippen molar-refractivity contribution in [2.24, 2.45) is 5.10 Å². The lowest BCUT2D eigenvalue weighted by Crippen LogP contribution is -2.15. The van der Waals surface area contributed by atoms with Gasteiger partial charge in [0, 0.05) is 24.8 Å². The van der Waals surface area contributed by atoms with Crippen LogP contribution in [-0.4, -0.2) is 35.3 Å². The van der Waals surface area contributed by atoms with Gasteiger partial charge in [-0.15, -0.1) is 0 Å². The molecule has 3 aromatic rings. The van der Waals surface area contributed by atoms with E-state index in [0.29, 0.717) is 22.6 Å². The lowest BCUT2D eigenvalue weighted by Gasteiger charge is -2.13. The van der Waals surface area contributed by atoms with Gasteiger partial charge < -0.3 is 10.2 Å². The molecule has 3 rings (SSSR count). The molecule has 27 heavy (non-hydrogen) atoms. The number of benzene rings is 2. The van der Waals surface area contributed by atoms with E-state index in [1.54, 1.807) is 35.4 Å². The number of aromatic nitrogens is 3. The summed E-state index contributed by atoms with van der Waals surface area (Å²) < 4.78 is 13.1. The largest absolute Gasteiger partial charge is 0.347 e. The number of anilines is 4. The first kappa shape index (κ1) is 18.5. The van der Waals surface area contributed by atoms with E-state index in [-0.39, 0.29) is 11.8 Å². The van der Waals surface area contributed by atoms with Gasteiger partial charge in [-0.2, -0.15) is 20.1 Å². The first-order chi connectivity index (χ1) is 13.0. The highest BCUT2D eigenvalue weighted by molar-refractivity contribution is 6.30. The summed E-state index contributed by atoms with van der Waals surface area (Å²) in [5.41, 5.74) is 4.31. The zero-order valence-corrected chi connectivity index (χ0v) is 15.4. The Balaban J connectivity index is 1.78. The third kappa shape index (κ3) is 5.35. The lowest BCUT2D eigenvalue weighted by atomic mass is 10.2. The van der Waals surface area contributed by atoms with E-state index < -0.39 is 0 Å². The molecule has 0 amide bonds. The topological polar surface area (TPSA) is 78.3 Å². The minimum absolute atomic E-state index is 0.267. The monoisotopic (exact) mass is 385 g/mol. The van der Waals surface area contributed by atoms with Crippen molar-refractivity contribution in [3.8, 4) is 0 Å². The molecule has 138 valence electrons. The summed E-state index contributed by atoms with van der Waals surface area (Å²) in [5.74, 6) is 0.705. The SMILES string of the molecule is CN(C)c1nc(N/N=C/c2ccc(Cl)cc2)nc(Nc2ccc(F)cc2)n1. The Morgan fingerprint density at radius 1 is 0.963 bits per heavy atom.